The van der Waals surface area contributed by atoms with E-state index in [1.807, 2.05) is 24.5 Å². The van der Waals surface area contributed by atoms with Gasteiger partial charge < -0.3 is 15.1 Å². The van der Waals surface area contributed by atoms with Crippen LogP contribution >= 0.6 is 11.8 Å². The molecule has 0 radical (unpaired) electrons. The van der Waals surface area contributed by atoms with Crippen LogP contribution in [-0.4, -0.2) is 38.9 Å². The van der Waals surface area contributed by atoms with Crippen LogP contribution in [-0.2, 0) is 10.8 Å². The van der Waals surface area contributed by atoms with Crippen molar-refractivity contribution in [1.82, 2.24) is 0 Å². The molecule has 1 aliphatic rings. The highest BCUT2D eigenvalue weighted by Crippen LogP contribution is 2.46. The van der Waals surface area contributed by atoms with Gasteiger partial charge >= 0.3 is 5.97 Å². The van der Waals surface area contributed by atoms with Gasteiger partial charge in [-0.25, -0.2) is 4.79 Å². The van der Waals surface area contributed by atoms with Crippen LogP contribution in [0.5, 0.6) is 5.75 Å². The molecule has 7 heteroatoms. The summed E-state index contributed by atoms with van der Waals surface area (Å²) in [5.74, 6) is -0.231. The van der Waals surface area contributed by atoms with Gasteiger partial charge in [0.15, 0.2) is 0 Å². The highest BCUT2D eigenvalue weighted by Gasteiger charge is 2.39. The lowest BCUT2D eigenvalue weighted by atomic mass is 9.79. The van der Waals surface area contributed by atoms with Crippen molar-refractivity contribution in [1.29, 1.82) is 0 Å². The van der Waals surface area contributed by atoms with Gasteiger partial charge in [-0.1, -0.05) is 39.5 Å². The van der Waals surface area contributed by atoms with E-state index in [-0.39, 0.29) is 16.7 Å². The van der Waals surface area contributed by atoms with Gasteiger partial charge in [0.1, 0.15) is 5.75 Å². The Kier molecular flexibility index (Phi) is 8.28. The molecule has 2 N–H and O–H groups in total. The fourth-order valence-corrected chi connectivity index (χ4v) is 6.70. The largest absolute Gasteiger partial charge is 0.507 e. The third-order valence-corrected chi connectivity index (χ3v) is 8.73. The van der Waals surface area contributed by atoms with Crippen LogP contribution in [0.3, 0.4) is 0 Å². The molecular formula is C25H33NO4S2. The Labute approximate surface area is 197 Å². The second-order valence-electron chi connectivity index (χ2n) is 8.63. The molecule has 2 aromatic carbocycles. The normalized spacial score (nSPS) is 17.6. The summed E-state index contributed by atoms with van der Waals surface area (Å²) in [7, 11) is -1.24. The molecule has 0 amide bonds. The van der Waals surface area contributed by atoms with E-state index in [1.165, 1.54) is 11.8 Å². The van der Waals surface area contributed by atoms with Gasteiger partial charge in [-0.05, 0) is 55.5 Å². The first-order valence-corrected chi connectivity index (χ1v) is 13.8. The average molecular weight is 476 g/mol. The van der Waals surface area contributed by atoms with Gasteiger partial charge in [-0.2, -0.15) is 0 Å². The average Bonchev–Trinajstić information content (AvgIpc) is 2.90. The number of aromatic hydroxyl groups is 1. The number of carbonyl (C=O) groups is 1. The fraction of sp³-hybridized carbons (Fsp3) is 0.480. The summed E-state index contributed by atoms with van der Waals surface area (Å²) >= 11 is 1.45. The minimum absolute atomic E-state index is 0.115. The van der Waals surface area contributed by atoms with Crippen molar-refractivity contribution in [3.05, 3.63) is 42.0 Å². The van der Waals surface area contributed by atoms with E-state index in [9.17, 15) is 19.2 Å². The lowest BCUT2D eigenvalue weighted by Gasteiger charge is -2.37. The lowest BCUT2D eigenvalue weighted by molar-refractivity contribution is 0.0697. The number of rotatable bonds is 9. The molecule has 1 heterocycles. The van der Waals surface area contributed by atoms with Crippen LogP contribution in [0.4, 0.5) is 11.4 Å². The van der Waals surface area contributed by atoms with Crippen LogP contribution in [0.2, 0.25) is 0 Å². The molecule has 0 aromatic heterocycles. The molecule has 3 rings (SSSR count). The van der Waals surface area contributed by atoms with Crippen molar-refractivity contribution in [2.45, 2.75) is 62.2 Å². The monoisotopic (exact) mass is 475 g/mol. The first kappa shape index (κ1) is 24.6. The number of benzene rings is 2. The highest BCUT2D eigenvalue weighted by atomic mass is 32.2. The van der Waals surface area contributed by atoms with Gasteiger partial charge in [-0.15, -0.1) is 11.8 Å². The van der Waals surface area contributed by atoms with Gasteiger partial charge in [0, 0.05) is 23.4 Å². The number of carboxylic acids is 1. The number of phenolic OH excluding ortho intramolecular Hbond substituents is 1. The van der Waals surface area contributed by atoms with E-state index in [4.69, 9.17) is 0 Å². The van der Waals surface area contributed by atoms with E-state index in [2.05, 4.69) is 18.7 Å². The summed E-state index contributed by atoms with van der Waals surface area (Å²) < 4.78 is 13.6. The van der Waals surface area contributed by atoms with Crippen LogP contribution in [0.25, 0.3) is 0 Å². The number of aromatic carboxylic acids is 1. The Balaban J connectivity index is 2.17. The number of phenols is 1. The number of anilines is 2. The minimum atomic E-state index is -1.24. The van der Waals surface area contributed by atoms with Gasteiger partial charge in [0.2, 0.25) is 0 Å². The molecule has 0 bridgehead atoms. The Morgan fingerprint density at radius 1 is 1.12 bits per heavy atom. The fourth-order valence-electron chi connectivity index (χ4n) is 4.46. The number of hydrogen-bond donors (Lipinski definition) is 2. The molecule has 2 aromatic rings. The highest BCUT2D eigenvalue weighted by molar-refractivity contribution is 7.98. The summed E-state index contributed by atoms with van der Waals surface area (Å²) in [6.07, 6.45) is 8.21. The molecule has 174 valence electrons. The Morgan fingerprint density at radius 2 is 1.75 bits per heavy atom. The molecule has 0 aliphatic carbocycles. The summed E-state index contributed by atoms with van der Waals surface area (Å²) in [6.45, 7) is 5.08. The first-order valence-electron chi connectivity index (χ1n) is 11.2. The zero-order valence-corrected chi connectivity index (χ0v) is 20.7. The number of thioether (sulfide) groups is 1. The number of unbranched alkanes of at least 4 members (excludes halogenated alkanes) is 2. The summed E-state index contributed by atoms with van der Waals surface area (Å²) in [6, 6.07) is 10.5. The second-order valence-corrected chi connectivity index (χ2v) is 10.9. The number of nitrogens with zero attached hydrogens (tertiary/aromatic N) is 1. The minimum Gasteiger partial charge on any atom is -0.507 e. The number of hydrogen-bond acceptors (Lipinski definition) is 5. The van der Waals surface area contributed by atoms with Crippen molar-refractivity contribution in [2.24, 2.45) is 5.41 Å². The molecular weight excluding hydrogens is 442 g/mol. The molecule has 0 saturated heterocycles. The molecule has 1 unspecified atom stereocenters. The van der Waals surface area contributed by atoms with E-state index in [0.717, 1.165) is 61.3 Å². The number of carboxylic acid groups (broad SMARTS) is 1. The number of fused-ring (bicyclic) bond motifs is 1. The van der Waals surface area contributed by atoms with Crippen molar-refractivity contribution in [3.8, 4) is 5.75 Å². The summed E-state index contributed by atoms with van der Waals surface area (Å²) in [5.41, 5.74) is 1.84. The topological polar surface area (TPSA) is 77.8 Å². The molecule has 0 spiro atoms. The van der Waals surface area contributed by atoms with E-state index >= 15 is 0 Å². The zero-order chi connectivity index (χ0) is 23.3. The van der Waals surface area contributed by atoms with Crippen molar-refractivity contribution >= 4 is 39.9 Å². The van der Waals surface area contributed by atoms with Gasteiger partial charge in [0.05, 0.1) is 31.8 Å². The van der Waals surface area contributed by atoms with Crippen LogP contribution in [0, 0.1) is 5.41 Å². The summed E-state index contributed by atoms with van der Waals surface area (Å²) in [4.78, 5) is 14.9. The maximum absolute atomic E-state index is 13.6. The maximum Gasteiger partial charge on any atom is 0.335 e. The molecule has 0 saturated carbocycles. The molecule has 5 nitrogen and oxygen atoms in total. The van der Waals surface area contributed by atoms with E-state index < -0.39 is 16.8 Å². The molecule has 1 aliphatic heterocycles. The van der Waals surface area contributed by atoms with Crippen LogP contribution in [0.15, 0.2) is 46.2 Å². The van der Waals surface area contributed by atoms with E-state index in [1.54, 1.807) is 18.2 Å². The Morgan fingerprint density at radius 3 is 2.28 bits per heavy atom. The maximum atomic E-state index is 13.6. The quantitative estimate of drug-likeness (QED) is 0.407. The summed E-state index contributed by atoms with van der Waals surface area (Å²) in [5, 5.41) is 19.8. The van der Waals surface area contributed by atoms with Crippen LogP contribution < -0.4 is 4.90 Å². The molecule has 32 heavy (non-hydrogen) atoms. The standard InChI is InChI=1S/C25H33NO4S2/c1-4-6-12-25(13-7-5-2)16-26(19-10-8-18(9-11-19)24(28)29)20-14-22(31-3)21(27)15-23(20)32(30)17-25/h8-11,14-15,27H,4-7,12-13,16-17H2,1-3H3,(H,28,29). The van der Waals surface area contributed by atoms with Crippen molar-refractivity contribution in [2.75, 3.05) is 23.5 Å². The molecule has 1 atom stereocenters. The van der Waals surface area contributed by atoms with Gasteiger partial charge in [0.25, 0.3) is 0 Å². The smallest absolute Gasteiger partial charge is 0.335 e. The molecule has 0 fully saturated rings. The first-order chi connectivity index (χ1) is 15.3. The predicted octanol–water partition coefficient (Wildman–Crippen LogP) is 6.44. The van der Waals surface area contributed by atoms with Crippen molar-refractivity contribution in [3.63, 3.8) is 0 Å². The third kappa shape index (κ3) is 5.31. The Hall–Kier alpha value is -1.99. The van der Waals surface area contributed by atoms with Gasteiger partial charge in [-0.3, -0.25) is 4.21 Å². The second kappa shape index (κ2) is 10.8. The lowest BCUT2D eigenvalue weighted by Crippen LogP contribution is -2.37. The third-order valence-electron chi connectivity index (χ3n) is 6.27. The SMILES string of the molecule is CCCCC1(CCCC)CN(c2ccc(C(=O)O)cc2)c2cc(SC)c(O)cc2S(=O)C1. The Bertz CT molecular complexity index is 967. The van der Waals surface area contributed by atoms with Crippen molar-refractivity contribution < 1.29 is 19.2 Å². The predicted molar refractivity (Wildman–Crippen MR) is 133 cm³/mol. The van der Waals surface area contributed by atoms with E-state index in [0.29, 0.717) is 10.6 Å². The zero-order valence-electron chi connectivity index (χ0n) is 19.1. The van der Waals surface area contributed by atoms with Crippen LogP contribution in [0.1, 0.15) is 62.7 Å².